The number of anilines is 1. The van der Waals surface area contributed by atoms with E-state index >= 15 is 0 Å². The number of nitrogens with one attached hydrogen (secondary N) is 1. The van der Waals surface area contributed by atoms with Crippen molar-refractivity contribution >= 4 is 40.3 Å². The van der Waals surface area contributed by atoms with Gasteiger partial charge in [0.25, 0.3) is 5.91 Å². The van der Waals surface area contributed by atoms with Gasteiger partial charge in [-0.1, -0.05) is 30.3 Å². The summed E-state index contributed by atoms with van der Waals surface area (Å²) in [6, 6.07) is 18.6. The molecule has 0 bridgehead atoms. The molecule has 1 N–H and O–H groups in total. The highest BCUT2D eigenvalue weighted by atomic mass is 127. The average Bonchev–Trinajstić information content (AvgIpc) is 2.48. The highest BCUT2D eigenvalue weighted by molar-refractivity contribution is 14.1. The second kappa shape index (κ2) is 6.87. The summed E-state index contributed by atoms with van der Waals surface area (Å²) in [6.45, 7) is 0. The molecule has 20 heavy (non-hydrogen) atoms. The average molecular weight is 374 g/mol. The van der Waals surface area contributed by atoms with Crippen molar-refractivity contribution < 1.29 is 4.79 Å². The molecule has 0 radical (unpaired) electrons. The molecule has 0 saturated heterocycles. The lowest BCUT2D eigenvalue weighted by Gasteiger charge is -2.04. The summed E-state index contributed by atoms with van der Waals surface area (Å²) in [7, 11) is 0. The number of benzene rings is 2. The number of halogens is 1. The van der Waals surface area contributed by atoms with Gasteiger partial charge in [0, 0.05) is 9.26 Å². The first-order valence-electron chi connectivity index (χ1n) is 5.93. The molecule has 0 aliphatic heterocycles. The maximum atomic E-state index is 12.0. The van der Waals surface area contributed by atoms with Gasteiger partial charge in [0.1, 0.15) is 11.6 Å². The van der Waals surface area contributed by atoms with Crippen LogP contribution in [-0.2, 0) is 4.79 Å². The fraction of sp³-hybridized carbons (Fsp3) is 0. The number of rotatable bonds is 3. The van der Waals surface area contributed by atoms with E-state index in [-0.39, 0.29) is 5.57 Å². The van der Waals surface area contributed by atoms with Crippen LogP contribution in [0.25, 0.3) is 6.08 Å². The normalized spacial score (nSPS) is 10.7. The summed E-state index contributed by atoms with van der Waals surface area (Å²) in [5.41, 5.74) is 1.57. The third-order valence-electron chi connectivity index (χ3n) is 2.58. The Kier molecular flexibility index (Phi) is 4.91. The second-order valence-electron chi connectivity index (χ2n) is 4.04. The van der Waals surface area contributed by atoms with Gasteiger partial charge in [-0.05, 0) is 58.5 Å². The minimum atomic E-state index is -0.405. The molecule has 2 aromatic rings. The van der Waals surface area contributed by atoms with E-state index in [4.69, 9.17) is 5.26 Å². The minimum Gasteiger partial charge on any atom is -0.321 e. The van der Waals surface area contributed by atoms with Crippen molar-refractivity contribution in [3.8, 4) is 6.07 Å². The van der Waals surface area contributed by atoms with Crippen LogP contribution in [0.15, 0.2) is 60.2 Å². The Morgan fingerprint density at radius 2 is 1.75 bits per heavy atom. The topological polar surface area (TPSA) is 52.9 Å². The van der Waals surface area contributed by atoms with Crippen molar-refractivity contribution in [1.29, 1.82) is 5.26 Å². The first kappa shape index (κ1) is 14.3. The summed E-state index contributed by atoms with van der Waals surface area (Å²) >= 11 is 2.19. The van der Waals surface area contributed by atoms with Gasteiger partial charge in [0.15, 0.2) is 0 Å². The van der Waals surface area contributed by atoms with Crippen molar-refractivity contribution in [3.05, 3.63) is 69.3 Å². The molecule has 0 aliphatic rings. The molecule has 0 aliphatic carbocycles. The van der Waals surface area contributed by atoms with Crippen molar-refractivity contribution in [2.75, 3.05) is 5.32 Å². The molecule has 0 saturated carbocycles. The molecule has 0 unspecified atom stereocenters. The molecule has 0 spiro atoms. The quantitative estimate of drug-likeness (QED) is 0.504. The predicted octanol–water partition coefficient (Wildman–Crippen LogP) is 3.84. The van der Waals surface area contributed by atoms with E-state index in [1.165, 1.54) is 0 Å². The lowest BCUT2D eigenvalue weighted by atomic mass is 10.1. The van der Waals surface area contributed by atoms with Crippen LogP contribution in [0.4, 0.5) is 5.69 Å². The van der Waals surface area contributed by atoms with Crippen LogP contribution in [0.3, 0.4) is 0 Å². The zero-order valence-electron chi connectivity index (χ0n) is 10.5. The smallest absolute Gasteiger partial charge is 0.266 e. The highest BCUT2D eigenvalue weighted by Gasteiger charge is 2.09. The van der Waals surface area contributed by atoms with Crippen molar-refractivity contribution in [2.45, 2.75) is 0 Å². The van der Waals surface area contributed by atoms with E-state index in [0.717, 1.165) is 9.13 Å². The molecule has 0 atom stereocenters. The maximum Gasteiger partial charge on any atom is 0.266 e. The molecule has 3 nitrogen and oxygen atoms in total. The van der Waals surface area contributed by atoms with Gasteiger partial charge in [-0.3, -0.25) is 4.79 Å². The Hall–Kier alpha value is -2.13. The van der Waals surface area contributed by atoms with Crippen LogP contribution in [0.1, 0.15) is 5.56 Å². The van der Waals surface area contributed by atoms with E-state index in [0.29, 0.717) is 5.69 Å². The number of carbonyl (C=O) groups is 1. The Morgan fingerprint density at radius 3 is 2.35 bits per heavy atom. The third-order valence-corrected chi connectivity index (χ3v) is 3.30. The minimum absolute atomic E-state index is 0.0785. The Morgan fingerprint density at radius 1 is 1.10 bits per heavy atom. The number of nitriles is 1. The van der Waals surface area contributed by atoms with E-state index in [9.17, 15) is 4.79 Å². The summed E-state index contributed by atoms with van der Waals surface area (Å²) < 4.78 is 1.08. The van der Waals surface area contributed by atoms with Gasteiger partial charge in [0.05, 0.1) is 0 Å². The number of nitrogens with zero attached hydrogens (tertiary/aromatic N) is 1. The first-order chi connectivity index (χ1) is 9.69. The van der Waals surface area contributed by atoms with Crippen LogP contribution >= 0.6 is 22.6 Å². The van der Waals surface area contributed by atoms with Gasteiger partial charge in [-0.25, -0.2) is 0 Å². The van der Waals surface area contributed by atoms with Crippen molar-refractivity contribution in [2.24, 2.45) is 0 Å². The number of carbonyl (C=O) groups excluding carboxylic acids is 1. The predicted molar refractivity (Wildman–Crippen MR) is 87.8 cm³/mol. The largest absolute Gasteiger partial charge is 0.321 e. The van der Waals surface area contributed by atoms with E-state index in [1.807, 2.05) is 48.5 Å². The second-order valence-corrected chi connectivity index (χ2v) is 5.29. The summed E-state index contributed by atoms with van der Waals surface area (Å²) in [5.74, 6) is -0.405. The SMILES string of the molecule is N#C/C(=C/c1ccccc1)C(=O)Nc1ccc(I)cc1. The lowest BCUT2D eigenvalue weighted by Crippen LogP contribution is -2.13. The van der Waals surface area contributed by atoms with Crippen LogP contribution in [-0.4, -0.2) is 5.91 Å². The fourth-order valence-electron chi connectivity index (χ4n) is 1.60. The molecule has 98 valence electrons. The molecule has 4 heteroatoms. The maximum absolute atomic E-state index is 12.0. The summed E-state index contributed by atoms with van der Waals surface area (Å²) in [5, 5.41) is 11.8. The fourth-order valence-corrected chi connectivity index (χ4v) is 1.96. The third kappa shape index (κ3) is 3.93. The molecular formula is C16H11IN2O. The summed E-state index contributed by atoms with van der Waals surface area (Å²) in [6.07, 6.45) is 1.57. The molecule has 2 aromatic carbocycles. The standard InChI is InChI=1S/C16H11IN2O/c17-14-6-8-15(9-7-14)19-16(20)13(11-18)10-12-4-2-1-3-5-12/h1-10H,(H,19,20)/b13-10-. The number of hydrogen-bond acceptors (Lipinski definition) is 2. The Labute approximate surface area is 131 Å². The Balaban J connectivity index is 2.16. The van der Waals surface area contributed by atoms with Gasteiger partial charge in [0.2, 0.25) is 0 Å². The van der Waals surface area contributed by atoms with Gasteiger partial charge < -0.3 is 5.32 Å². The van der Waals surface area contributed by atoms with Crippen LogP contribution < -0.4 is 5.32 Å². The van der Waals surface area contributed by atoms with E-state index < -0.39 is 5.91 Å². The molecule has 0 heterocycles. The lowest BCUT2D eigenvalue weighted by molar-refractivity contribution is -0.112. The first-order valence-corrected chi connectivity index (χ1v) is 7.00. The van der Waals surface area contributed by atoms with Gasteiger partial charge in [-0.15, -0.1) is 0 Å². The van der Waals surface area contributed by atoms with E-state index in [1.54, 1.807) is 18.2 Å². The van der Waals surface area contributed by atoms with Gasteiger partial charge >= 0.3 is 0 Å². The summed E-state index contributed by atoms with van der Waals surface area (Å²) in [4.78, 5) is 12.0. The van der Waals surface area contributed by atoms with E-state index in [2.05, 4.69) is 27.9 Å². The van der Waals surface area contributed by atoms with Crippen molar-refractivity contribution in [1.82, 2.24) is 0 Å². The molecule has 0 aromatic heterocycles. The zero-order chi connectivity index (χ0) is 14.4. The van der Waals surface area contributed by atoms with Crippen LogP contribution in [0.2, 0.25) is 0 Å². The van der Waals surface area contributed by atoms with Crippen molar-refractivity contribution in [3.63, 3.8) is 0 Å². The highest BCUT2D eigenvalue weighted by Crippen LogP contribution is 2.13. The monoisotopic (exact) mass is 374 g/mol. The van der Waals surface area contributed by atoms with Crippen LogP contribution in [0, 0.1) is 14.9 Å². The molecule has 2 rings (SSSR count). The number of hydrogen-bond donors (Lipinski definition) is 1. The van der Waals surface area contributed by atoms with Gasteiger partial charge in [-0.2, -0.15) is 5.26 Å². The molecule has 1 amide bonds. The van der Waals surface area contributed by atoms with Crippen LogP contribution in [0.5, 0.6) is 0 Å². The molecule has 0 fully saturated rings. The molecular weight excluding hydrogens is 363 g/mol. The zero-order valence-corrected chi connectivity index (χ0v) is 12.7. The Bertz CT molecular complexity index is 670. The number of amides is 1.